The van der Waals surface area contributed by atoms with E-state index in [-0.39, 0.29) is 0 Å². The summed E-state index contributed by atoms with van der Waals surface area (Å²) in [4.78, 5) is 22.0. The Balaban J connectivity index is 1.09. The van der Waals surface area contributed by atoms with Crippen molar-refractivity contribution in [1.29, 1.82) is 0 Å². The van der Waals surface area contributed by atoms with Crippen molar-refractivity contribution in [3.63, 3.8) is 0 Å². The first-order chi connectivity index (χ1) is 15.7. The molecule has 32 heavy (non-hydrogen) atoms. The number of aromatic nitrogens is 4. The van der Waals surface area contributed by atoms with Crippen LogP contribution in [0.2, 0.25) is 0 Å². The van der Waals surface area contributed by atoms with Gasteiger partial charge in [0.05, 0.1) is 13.2 Å². The number of hydrogen-bond acceptors (Lipinski definition) is 7. The van der Waals surface area contributed by atoms with Gasteiger partial charge in [-0.3, -0.25) is 0 Å². The van der Waals surface area contributed by atoms with Crippen LogP contribution in [0, 0.1) is 12.3 Å². The lowest BCUT2D eigenvalue weighted by atomic mass is 9.60. The van der Waals surface area contributed by atoms with E-state index < -0.39 is 0 Å². The smallest absolute Gasteiger partial charge is 0.205 e. The number of rotatable bonds is 4. The van der Waals surface area contributed by atoms with Crippen LogP contribution in [-0.4, -0.2) is 65.4 Å². The van der Waals surface area contributed by atoms with Gasteiger partial charge >= 0.3 is 0 Å². The number of anilines is 3. The average Bonchev–Trinajstić information content (AvgIpc) is 3.25. The predicted molar refractivity (Wildman–Crippen MR) is 126 cm³/mol. The molecule has 4 heterocycles. The minimum atomic E-state index is 0.490. The predicted octanol–water partition coefficient (Wildman–Crippen LogP) is 3.36. The first-order valence-electron chi connectivity index (χ1n) is 11.8. The number of hydrogen-bond donors (Lipinski definition) is 2. The highest BCUT2D eigenvalue weighted by Crippen LogP contribution is 2.50. The molecule has 0 unspecified atom stereocenters. The maximum absolute atomic E-state index is 5.49. The van der Waals surface area contributed by atoms with Crippen LogP contribution in [0.25, 0.3) is 11.2 Å². The molecular weight excluding hydrogens is 402 g/mol. The lowest BCUT2D eigenvalue weighted by Gasteiger charge is -2.52. The Morgan fingerprint density at radius 1 is 1.00 bits per heavy atom. The second-order valence-corrected chi connectivity index (χ2v) is 9.66. The van der Waals surface area contributed by atoms with E-state index in [0.717, 1.165) is 62.3 Å². The van der Waals surface area contributed by atoms with Crippen molar-refractivity contribution in [3.8, 4) is 0 Å². The summed E-state index contributed by atoms with van der Waals surface area (Å²) in [5, 5.41) is 3.71. The van der Waals surface area contributed by atoms with E-state index >= 15 is 0 Å². The standard InChI is InChI=1S/C24H31N7O/c1-17-2-4-18(5-3-17)27-19-14-24(15-19)6-8-31(9-7-24)23-28-20-21(29-23)25-16-26-22(20)30-10-12-32-13-11-30/h2-5,16,19,27H,6-15H2,1H3,(H,25,26,28,29). The Labute approximate surface area is 188 Å². The molecule has 3 fully saturated rings. The first-order valence-corrected chi connectivity index (χ1v) is 11.8. The van der Waals surface area contributed by atoms with Crippen molar-refractivity contribution in [1.82, 2.24) is 19.9 Å². The quantitative estimate of drug-likeness (QED) is 0.653. The summed E-state index contributed by atoms with van der Waals surface area (Å²) in [6.07, 6.45) is 6.61. The Morgan fingerprint density at radius 2 is 1.75 bits per heavy atom. The molecule has 8 heteroatoms. The van der Waals surface area contributed by atoms with Gasteiger partial charge in [-0.2, -0.15) is 0 Å². The van der Waals surface area contributed by atoms with E-state index in [1.165, 1.54) is 36.9 Å². The number of nitrogens with one attached hydrogen (secondary N) is 2. The molecule has 2 saturated heterocycles. The number of imidazole rings is 1. The Kier molecular flexibility index (Phi) is 4.90. The lowest BCUT2D eigenvalue weighted by molar-refractivity contribution is 0.0798. The average molecular weight is 434 g/mol. The van der Waals surface area contributed by atoms with E-state index in [9.17, 15) is 0 Å². The number of aryl methyl sites for hydroxylation is 1. The van der Waals surface area contributed by atoms with Crippen molar-refractivity contribution in [3.05, 3.63) is 36.2 Å². The van der Waals surface area contributed by atoms with Crippen LogP contribution in [-0.2, 0) is 4.74 Å². The highest BCUT2D eigenvalue weighted by molar-refractivity contribution is 5.85. The third-order valence-electron chi connectivity index (χ3n) is 7.47. The molecule has 2 aliphatic heterocycles. The maximum atomic E-state index is 5.49. The highest BCUT2D eigenvalue weighted by atomic mass is 16.5. The van der Waals surface area contributed by atoms with Gasteiger partial charge in [-0.05, 0) is 50.2 Å². The molecule has 8 nitrogen and oxygen atoms in total. The monoisotopic (exact) mass is 433 g/mol. The van der Waals surface area contributed by atoms with Crippen LogP contribution >= 0.6 is 0 Å². The molecule has 168 valence electrons. The minimum absolute atomic E-state index is 0.490. The summed E-state index contributed by atoms with van der Waals surface area (Å²) >= 11 is 0. The van der Waals surface area contributed by atoms with Gasteiger partial charge in [-0.1, -0.05) is 17.7 Å². The van der Waals surface area contributed by atoms with Crippen LogP contribution in [0.5, 0.6) is 0 Å². The fourth-order valence-electron chi connectivity index (χ4n) is 5.53. The summed E-state index contributed by atoms with van der Waals surface area (Å²) < 4.78 is 5.49. The number of benzene rings is 1. The molecule has 1 aromatic carbocycles. The second-order valence-electron chi connectivity index (χ2n) is 9.66. The molecule has 3 aliphatic rings. The molecular formula is C24H31N7O. The van der Waals surface area contributed by atoms with E-state index in [0.29, 0.717) is 11.5 Å². The second kappa shape index (κ2) is 7.92. The van der Waals surface area contributed by atoms with Crippen LogP contribution in [0.3, 0.4) is 0 Å². The van der Waals surface area contributed by atoms with Gasteiger partial charge < -0.3 is 24.8 Å². The zero-order chi connectivity index (χ0) is 21.5. The van der Waals surface area contributed by atoms with E-state index in [1.54, 1.807) is 6.33 Å². The summed E-state index contributed by atoms with van der Waals surface area (Å²) in [6.45, 7) is 7.37. The van der Waals surface area contributed by atoms with Crippen LogP contribution in [0.15, 0.2) is 30.6 Å². The van der Waals surface area contributed by atoms with Crippen molar-refractivity contribution in [2.45, 2.75) is 38.6 Å². The first kappa shape index (κ1) is 19.8. The molecule has 6 rings (SSSR count). The van der Waals surface area contributed by atoms with Gasteiger partial charge in [-0.25, -0.2) is 15.0 Å². The number of nitrogens with zero attached hydrogens (tertiary/aromatic N) is 5. The van der Waals surface area contributed by atoms with Crippen molar-refractivity contribution in [2.75, 3.05) is 54.5 Å². The van der Waals surface area contributed by atoms with Crippen LogP contribution in [0.1, 0.15) is 31.2 Å². The number of ether oxygens (including phenoxy) is 1. The summed E-state index contributed by atoms with van der Waals surface area (Å²) in [5.41, 5.74) is 4.73. The summed E-state index contributed by atoms with van der Waals surface area (Å²) in [5.74, 6) is 1.84. The van der Waals surface area contributed by atoms with Gasteiger partial charge in [0.25, 0.3) is 0 Å². The Hall–Kier alpha value is -2.87. The molecule has 0 bridgehead atoms. The zero-order valence-corrected chi connectivity index (χ0v) is 18.7. The number of H-pyrrole nitrogens is 1. The SMILES string of the molecule is Cc1ccc(NC2CC3(CCN(c4nc5c(N6CCOCC6)ncnc5[nH]4)CC3)C2)cc1. The third kappa shape index (κ3) is 3.66. The van der Waals surface area contributed by atoms with E-state index in [2.05, 4.69) is 61.3 Å². The van der Waals surface area contributed by atoms with Crippen LogP contribution < -0.4 is 15.1 Å². The fourth-order valence-corrected chi connectivity index (χ4v) is 5.53. The molecule has 0 atom stereocenters. The fraction of sp³-hybridized carbons (Fsp3) is 0.542. The molecule has 3 aromatic rings. The summed E-state index contributed by atoms with van der Waals surface area (Å²) in [6, 6.07) is 9.34. The Morgan fingerprint density at radius 3 is 2.50 bits per heavy atom. The molecule has 1 aliphatic carbocycles. The van der Waals surface area contributed by atoms with Gasteiger partial charge in [0.2, 0.25) is 5.95 Å². The lowest BCUT2D eigenvalue weighted by Crippen LogP contribution is -2.51. The zero-order valence-electron chi connectivity index (χ0n) is 18.7. The number of fused-ring (bicyclic) bond motifs is 1. The normalized spacial score (nSPS) is 21.2. The molecule has 1 saturated carbocycles. The van der Waals surface area contributed by atoms with Crippen LogP contribution in [0.4, 0.5) is 17.5 Å². The van der Waals surface area contributed by atoms with Gasteiger partial charge in [0.15, 0.2) is 17.0 Å². The van der Waals surface area contributed by atoms with Crippen molar-refractivity contribution >= 4 is 28.6 Å². The molecule has 2 aromatic heterocycles. The number of piperidine rings is 1. The largest absolute Gasteiger partial charge is 0.382 e. The summed E-state index contributed by atoms with van der Waals surface area (Å²) in [7, 11) is 0. The van der Waals surface area contributed by atoms with E-state index in [4.69, 9.17) is 9.72 Å². The minimum Gasteiger partial charge on any atom is -0.382 e. The molecule has 2 N–H and O–H groups in total. The Bertz CT molecular complexity index is 1070. The van der Waals surface area contributed by atoms with Crippen molar-refractivity contribution in [2.24, 2.45) is 5.41 Å². The topological polar surface area (TPSA) is 82.2 Å². The van der Waals surface area contributed by atoms with Gasteiger partial charge in [-0.15, -0.1) is 0 Å². The van der Waals surface area contributed by atoms with Gasteiger partial charge in [0.1, 0.15) is 6.33 Å². The van der Waals surface area contributed by atoms with E-state index in [1.807, 2.05) is 0 Å². The number of morpholine rings is 1. The highest BCUT2D eigenvalue weighted by Gasteiger charge is 2.46. The van der Waals surface area contributed by atoms with Gasteiger partial charge in [0, 0.05) is 37.9 Å². The molecule has 1 spiro atoms. The third-order valence-corrected chi connectivity index (χ3v) is 7.47. The molecule has 0 radical (unpaired) electrons. The maximum Gasteiger partial charge on any atom is 0.205 e. The van der Waals surface area contributed by atoms with Crippen molar-refractivity contribution < 1.29 is 4.74 Å². The number of aromatic amines is 1. The molecule has 0 amide bonds.